The Morgan fingerprint density at radius 2 is 2.20 bits per heavy atom. The maximum absolute atomic E-state index is 6.17. The summed E-state index contributed by atoms with van der Waals surface area (Å²) in [6.45, 7) is 0. The first-order valence-corrected chi connectivity index (χ1v) is 5.57. The highest BCUT2D eigenvalue weighted by atomic mass is 35.5. The van der Waals surface area contributed by atoms with E-state index in [0.29, 0.717) is 16.9 Å². The Kier molecular flexibility index (Phi) is 1.89. The van der Waals surface area contributed by atoms with Gasteiger partial charge in [0.05, 0.1) is 5.52 Å². The largest absolute Gasteiger partial charge is 0.382 e. The molecule has 0 unspecified atom stereocenters. The minimum atomic E-state index is 0.537. The first-order chi connectivity index (χ1) is 7.27. The van der Waals surface area contributed by atoms with Gasteiger partial charge < -0.3 is 5.73 Å². The van der Waals surface area contributed by atoms with Crippen molar-refractivity contribution in [3.8, 4) is 0 Å². The predicted molar refractivity (Wildman–Crippen MR) is 61.2 cm³/mol. The van der Waals surface area contributed by atoms with E-state index >= 15 is 0 Å². The molecular formula is C11H12ClN3. The van der Waals surface area contributed by atoms with E-state index in [1.165, 1.54) is 19.3 Å². The number of hydrogen-bond donors (Lipinski definition) is 1. The summed E-state index contributed by atoms with van der Waals surface area (Å²) in [5, 5.41) is 0.693. The zero-order valence-electron chi connectivity index (χ0n) is 8.28. The molecule has 2 aromatic heterocycles. The van der Waals surface area contributed by atoms with Crippen LogP contribution in [0.1, 0.15) is 31.0 Å². The molecule has 0 aromatic carbocycles. The molecule has 1 saturated carbocycles. The van der Waals surface area contributed by atoms with Crippen LogP contribution in [0.3, 0.4) is 0 Å². The van der Waals surface area contributed by atoms with Crippen molar-refractivity contribution in [2.75, 3.05) is 5.73 Å². The Labute approximate surface area is 92.9 Å². The third-order valence-electron chi connectivity index (χ3n) is 3.14. The van der Waals surface area contributed by atoms with Gasteiger partial charge in [0.25, 0.3) is 0 Å². The van der Waals surface area contributed by atoms with Crippen molar-refractivity contribution in [1.29, 1.82) is 0 Å². The van der Waals surface area contributed by atoms with Crippen molar-refractivity contribution in [1.82, 2.24) is 9.38 Å². The van der Waals surface area contributed by atoms with E-state index in [0.717, 1.165) is 11.3 Å². The zero-order valence-corrected chi connectivity index (χ0v) is 9.04. The lowest BCUT2D eigenvalue weighted by Crippen LogP contribution is -2.12. The van der Waals surface area contributed by atoms with Gasteiger partial charge in [-0.2, -0.15) is 0 Å². The smallest absolute Gasteiger partial charge is 0.149 e. The second kappa shape index (κ2) is 3.14. The van der Waals surface area contributed by atoms with Crippen molar-refractivity contribution < 1.29 is 0 Å². The highest BCUT2D eigenvalue weighted by Gasteiger charge is 2.25. The molecule has 2 aromatic rings. The Morgan fingerprint density at radius 3 is 2.87 bits per heavy atom. The molecule has 3 nitrogen and oxygen atoms in total. The Morgan fingerprint density at radius 1 is 1.40 bits per heavy atom. The van der Waals surface area contributed by atoms with Crippen LogP contribution >= 0.6 is 11.6 Å². The van der Waals surface area contributed by atoms with E-state index in [2.05, 4.69) is 4.98 Å². The van der Waals surface area contributed by atoms with Crippen LogP contribution in [0.15, 0.2) is 18.2 Å². The van der Waals surface area contributed by atoms with Crippen LogP contribution in [-0.4, -0.2) is 9.38 Å². The second-order valence-corrected chi connectivity index (χ2v) is 4.44. The first kappa shape index (κ1) is 9.04. The quantitative estimate of drug-likeness (QED) is 0.753. The molecule has 1 aliphatic rings. The Balaban J connectivity index is 2.29. The van der Waals surface area contributed by atoms with Crippen LogP contribution in [-0.2, 0) is 0 Å². The average molecular weight is 222 g/mol. The topological polar surface area (TPSA) is 43.3 Å². The number of rotatable bonds is 1. The fourth-order valence-corrected chi connectivity index (χ4v) is 2.34. The number of nitrogens with two attached hydrogens (primary N) is 1. The van der Waals surface area contributed by atoms with Gasteiger partial charge in [-0.1, -0.05) is 24.1 Å². The molecule has 2 heterocycles. The van der Waals surface area contributed by atoms with Crippen LogP contribution < -0.4 is 5.73 Å². The fourth-order valence-electron chi connectivity index (χ4n) is 2.09. The molecule has 2 N–H and O–H groups in total. The number of imidazole rings is 1. The maximum atomic E-state index is 6.17. The highest BCUT2D eigenvalue weighted by molar-refractivity contribution is 6.29. The molecule has 0 aliphatic heterocycles. The lowest BCUT2D eigenvalue weighted by Gasteiger charge is -2.24. The van der Waals surface area contributed by atoms with Gasteiger partial charge in [-0.3, -0.25) is 4.40 Å². The third-order valence-corrected chi connectivity index (χ3v) is 3.43. The number of fused-ring (bicyclic) bond motifs is 1. The van der Waals surface area contributed by atoms with E-state index in [1.807, 2.05) is 22.6 Å². The molecule has 1 aliphatic carbocycles. The van der Waals surface area contributed by atoms with Crippen LogP contribution in [0.25, 0.3) is 5.52 Å². The molecule has 15 heavy (non-hydrogen) atoms. The monoisotopic (exact) mass is 221 g/mol. The number of hydrogen-bond acceptors (Lipinski definition) is 2. The second-order valence-electron chi connectivity index (χ2n) is 4.05. The highest BCUT2D eigenvalue weighted by Crippen LogP contribution is 2.37. The van der Waals surface area contributed by atoms with Gasteiger partial charge in [-0.25, -0.2) is 4.98 Å². The summed E-state index contributed by atoms with van der Waals surface area (Å²) in [6.07, 6.45) is 3.68. The molecule has 4 heteroatoms. The first-order valence-electron chi connectivity index (χ1n) is 5.19. The van der Waals surface area contributed by atoms with E-state index in [4.69, 9.17) is 17.3 Å². The molecule has 0 atom stereocenters. The molecule has 0 bridgehead atoms. The Bertz CT molecular complexity index is 514. The summed E-state index contributed by atoms with van der Waals surface area (Å²) in [4.78, 5) is 4.43. The van der Waals surface area contributed by atoms with Crippen LogP contribution in [0, 0.1) is 0 Å². The number of aromatic nitrogens is 2. The summed E-state index contributed by atoms with van der Waals surface area (Å²) in [6, 6.07) is 5.73. The van der Waals surface area contributed by atoms with Gasteiger partial charge in [0, 0.05) is 5.92 Å². The minimum absolute atomic E-state index is 0.537. The van der Waals surface area contributed by atoms with E-state index in [1.54, 1.807) is 0 Å². The van der Waals surface area contributed by atoms with Crippen molar-refractivity contribution in [3.63, 3.8) is 0 Å². The molecule has 0 spiro atoms. The zero-order chi connectivity index (χ0) is 10.4. The van der Waals surface area contributed by atoms with Gasteiger partial charge in [0.2, 0.25) is 0 Å². The van der Waals surface area contributed by atoms with Gasteiger partial charge in [-0.05, 0) is 25.0 Å². The predicted octanol–water partition coefficient (Wildman–Crippen LogP) is 2.84. The number of nitrogens with zero attached hydrogens (tertiary/aromatic N) is 2. The molecular weight excluding hydrogens is 210 g/mol. The van der Waals surface area contributed by atoms with Crippen molar-refractivity contribution in [3.05, 3.63) is 29.2 Å². The number of anilines is 1. The summed E-state index contributed by atoms with van der Waals surface area (Å²) in [5.74, 6) is 2.15. The normalized spacial score (nSPS) is 16.9. The van der Waals surface area contributed by atoms with Gasteiger partial charge in [0.1, 0.15) is 16.8 Å². The summed E-state index contributed by atoms with van der Waals surface area (Å²) < 4.78 is 1.97. The van der Waals surface area contributed by atoms with Crippen LogP contribution in [0.4, 0.5) is 5.82 Å². The van der Waals surface area contributed by atoms with E-state index < -0.39 is 0 Å². The minimum Gasteiger partial charge on any atom is -0.382 e. The number of pyridine rings is 1. The maximum Gasteiger partial charge on any atom is 0.149 e. The van der Waals surface area contributed by atoms with Crippen molar-refractivity contribution in [2.45, 2.75) is 25.2 Å². The molecule has 0 radical (unpaired) electrons. The number of halogens is 1. The lowest BCUT2D eigenvalue weighted by molar-refractivity contribution is 0.400. The van der Waals surface area contributed by atoms with Gasteiger partial charge in [0.15, 0.2) is 0 Å². The van der Waals surface area contributed by atoms with Crippen LogP contribution in [0.5, 0.6) is 0 Å². The van der Waals surface area contributed by atoms with E-state index in [-0.39, 0.29) is 0 Å². The molecule has 1 fully saturated rings. The van der Waals surface area contributed by atoms with Crippen molar-refractivity contribution >= 4 is 22.9 Å². The van der Waals surface area contributed by atoms with Crippen LogP contribution in [0.2, 0.25) is 5.15 Å². The van der Waals surface area contributed by atoms with Crippen molar-refractivity contribution in [2.24, 2.45) is 0 Å². The van der Waals surface area contributed by atoms with Gasteiger partial charge in [-0.15, -0.1) is 0 Å². The molecule has 78 valence electrons. The average Bonchev–Trinajstić information content (AvgIpc) is 2.43. The third kappa shape index (κ3) is 1.23. The molecule has 0 saturated heterocycles. The SMILES string of the molecule is Nc1nc(C2CCC2)n2c(Cl)cccc12. The van der Waals surface area contributed by atoms with Gasteiger partial charge >= 0.3 is 0 Å². The lowest BCUT2D eigenvalue weighted by atomic mass is 9.85. The summed E-state index contributed by atoms with van der Waals surface area (Å²) in [7, 11) is 0. The summed E-state index contributed by atoms with van der Waals surface area (Å²) >= 11 is 6.17. The molecule has 3 rings (SSSR count). The fraction of sp³-hybridized carbons (Fsp3) is 0.364. The molecule has 0 amide bonds. The standard InChI is InChI=1S/C11H12ClN3/c12-9-6-2-5-8-10(13)14-11(15(8)9)7-3-1-4-7/h2,5-7H,1,3-4,13H2. The summed E-state index contributed by atoms with van der Waals surface area (Å²) in [5.41, 5.74) is 6.79. The van der Waals surface area contributed by atoms with E-state index in [9.17, 15) is 0 Å². The number of nitrogen functional groups attached to an aromatic ring is 1. The Hall–Kier alpha value is -1.22.